The maximum Gasteiger partial charge on any atom is 0.206 e. The standard InChI is InChI=1S/C20H23N9O2S/c1-5-28(6-2)16-9-8-14(13(4)23-16)24-17-19-26-25-18(15-12-21-10-11-22-15)29(19)27-20(17)32(30,31)7-3/h8-12H,5-7H2,1-4H3/b24-17+. The van der Waals surface area contributed by atoms with Crippen LogP contribution in [0.25, 0.3) is 11.5 Å². The van der Waals surface area contributed by atoms with Crippen LogP contribution < -0.4 is 4.90 Å². The van der Waals surface area contributed by atoms with Gasteiger partial charge in [0, 0.05) is 25.5 Å². The van der Waals surface area contributed by atoms with E-state index in [0.717, 1.165) is 18.9 Å². The molecule has 0 aliphatic carbocycles. The van der Waals surface area contributed by atoms with Gasteiger partial charge < -0.3 is 4.90 Å². The van der Waals surface area contributed by atoms with Crippen molar-refractivity contribution >= 4 is 32.1 Å². The molecule has 3 aromatic heterocycles. The highest BCUT2D eigenvalue weighted by molar-refractivity contribution is 8.08. The number of aryl methyl sites for hydroxylation is 1. The average molecular weight is 454 g/mol. The van der Waals surface area contributed by atoms with E-state index in [1.165, 1.54) is 23.3 Å². The van der Waals surface area contributed by atoms with Gasteiger partial charge in [-0.2, -0.15) is 4.68 Å². The highest BCUT2D eigenvalue weighted by Gasteiger charge is 2.36. The third-order valence-corrected chi connectivity index (χ3v) is 6.70. The number of pyridine rings is 1. The lowest BCUT2D eigenvalue weighted by Crippen LogP contribution is -2.24. The summed E-state index contributed by atoms with van der Waals surface area (Å²) in [6, 6.07) is 3.69. The summed E-state index contributed by atoms with van der Waals surface area (Å²) in [5.74, 6) is 1.23. The number of nitrogens with zero attached hydrogens (tertiary/aromatic N) is 9. The van der Waals surface area contributed by atoms with Crippen molar-refractivity contribution in [3.63, 3.8) is 0 Å². The van der Waals surface area contributed by atoms with Crippen LogP contribution in [-0.2, 0) is 9.84 Å². The van der Waals surface area contributed by atoms with Crippen LogP contribution >= 0.6 is 0 Å². The molecule has 11 nitrogen and oxygen atoms in total. The molecule has 12 heteroatoms. The number of sulfone groups is 1. The first-order valence-electron chi connectivity index (χ1n) is 10.2. The Balaban J connectivity index is 1.85. The lowest BCUT2D eigenvalue weighted by molar-refractivity contribution is 0.608. The molecule has 0 N–H and O–H groups in total. The fourth-order valence-electron chi connectivity index (χ4n) is 3.28. The molecule has 1 aliphatic heterocycles. The van der Waals surface area contributed by atoms with Gasteiger partial charge in [-0.05, 0) is 32.9 Å². The van der Waals surface area contributed by atoms with Crippen LogP contribution in [0.1, 0.15) is 32.3 Å². The first-order valence-corrected chi connectivity index (χ1v) is 11.9. The van der Waals surface area contributed by atoms with Crippen molar-refractivity contribution in [1.82, 2.24) is 29.8 Å². The number of fused-ring (bicyclic) bond motifs is 1. The second-order valence-electron chi connectivity index (χ2n) is 6.96. The molecule has 0 atom stereocenters. The van der Waals surface area contributed by atoms with Crippen LogP contribution in [0.2, 0.25) is 0 Å². The fraction of sp³-hybridized carbons (Fsp3) is 0.350. The van der Waals surface area contributed by atoms with E-state index < -0.39 is 9.84 Å². The van der Waals surface area contributed by atoms with Gasteiger partial charge >= 0.3 is 0 Å². The predicted molar refractivity (Wildman–Crippen MR) is 122 cm³/mol. The second-order valence-corrected chi connectivity index (χ2v) is 9.16. The lowest BCUT2D eigenvalue weighted by atomic mass is 10.3. The smallest absolute Gasteiger partial charge is 0.206 e. The van der Waals surface area contributed by atoms with Gasteiger partial charge in [-0.25, -0.2) is 23.4 Å². The first-order chi connectivity index (χ1) is 15.4. The molecule has 4 rings (SSSR count). The third-order valence-electron chi connectivity index (χ3n) is 5.08. The van der Waals surface area contributed by atoms with Crippen LogP contribution in [0.15, 0.2) is 40.8 Å². The minimum Gasteiger partial charge on any atom is -0.357 e. The molecule has 32 heavy (non-hydrogen) atoms. The van der Waals surface area contributed by atoms with E-state index in [0.29, 0.717) is 17.1 Å². The summed E-state index contributed by atoms with van der Waals surface area (Å²) in [5, 5.41) is 12.4. The molecule has 0 fully saturated rings. The molecule has 0 bridgehead atoms. The SMILES string of the molecule is CCN(CC)c1ccc(/N=C2/C(S(=O)(=O)CC)=Nn3c2nnc3-c2cnccn2)c(C)n1. The van der Waals surface area contributed by atoms with Gasteiger partial charge in [-0.1, -0.05) is 6.92 Å². The first kappa shape index (κ1) is 21.7. The highest BCUT2D eigenvalue weighted by Crippen LogP contribution is 2.26. The van der Waals surface area contributed by atoms with E-state index in [2.05, 4.69) is 54.0 Å². The van der Waals surface area contributed by atoms with Crippen LogP contribution in [0.3, 0.4) is 0 Å². The summed E-state index contributed by atoms with van der Waals surface area (Å²) in [6.07, 6.45) is 4.56. The van der Waals surface area contributed by atoms with Gasteiger partial charge in [-0.15, -0.1) is 15.3 Å². The van der Waals surface area contributed by atoms with Crippen molar-refractivity contribution in [2.24, 2.45) is 10.1 Å². The Bertz CT molecular complexity index is 1310. The molecule has 0 radical (unpaired) electrons. The van der Waals surface area contributed by atoms with Crippen molar-refractivity contribution < 1.29 is 8.42 Å². The summed E-state index contributed by atoms with van der Waals surface area (Å²) < 4.78 is 26.9. The number of anilines is 1. The van der Waals surface area contributed by atoms with Crippen molar-refractivity contribution in [3.05, 3.63) is 42.2 Å². The molecule has 0 spiro atoms. The van der Waals surface area contributed by atoms with Gasteiger partial charge in [0.2, 0.25) is 16.7 Å². The summed E-state index contributed by atoms with van der Waals surface area (Å²) >= 11 is 0. The Labute approximate surface area is 185 Å². The Morgan fingerprint density at radius 3 is 2.44 bits per heavy atom. The van der Waals surface area contributed by atoms with E-state index in [9.17, 15) is 8.42 Å². The Morgan fingerprint density at radius 1 is 1.06 bits per heavy atom. The maximum absolute atomic E-state index is 12.8. The molecular formula is C20H23N9O2S. The monoisotopic (exact) mass is 453 g/mol. The molecule has 0 unspecified atom stereocenters. The largest absolute Gasteiger partial charge is 0.357 e. The topological polar surface area (TPSA) is 131 Å². The minimum atomic E-state index is -3.68. The minimum absolute atomic E-state index is 0.123. The van der Waals surface area contributed by atoms with Gasteiger partial charge in [0.25, 0.3) is 0 Å². The van der Waals surface area contributed by atoms with E-state index in [-0.39, 0.29) is 28.2 Å². The normalized spacial score (nSPS) is 14.5. The second kappa shape index (κ2) is 8.54. The Kier molecular flexibility index (Phi) is 5.78. The molecule has 3 aromatic rings. The highest BCUT2D eigenvalue weighted by atomic mass is 32.2. The molecule has 166 valence electrons. The zero-order chi connectivity index (χ0) is 22.9. The maximum atomic E-state index is 12.8. The van der Waals surface area contributed by atoms with Gasteiger partial charge in [0.1, 0.15) is 17.2 Å². The van der Waals surface area contributed by atoms with Crippen molar-refractivity contribution in [3.8, 4) is 11.5 Å². The lowest BCUT2D eigenvalue weighted by Gasteiger charge is -2.20. The fourth-order valence-corrected chi connectivity index (χ4v) is 4.19. The number of aliphatic imine (C=N–C) groups is 1. The average Bonchev–Trinajstić information content (AvgIpc) is 3.37. The molecule has 0 saturated carbocycles. The number of rotatable bonds is 6. The molecule has 0 saturated heterocycles. The summed E-state index contributed by atoms with van der Waals surface area (Å²) in [4.78, 5) is 19.6. The van der Waals surface area contributed by atoms with E-state index in [1.54, 1.807) is 6.92 Å². The van der Waals surface area contributed by atoms with E-state index in [4.69, 9.17) is 0 Å². The quantitative estimate of drug-likeness (QED) is 0.554. The molecule has 4 heterocycles. The van der Waals surface area contributed by atoms with Gasteiger partial charge in [-0.3, -0.25) is 4.98 Å². The van der Waals surface area contributed by atoms with E-state index >= 15 is 0 Å². The zero-order valence-corrected chi connectivity index (χ0v) is 19.1. The molecule has 1 aliphatic rings. The van der Waals surface area contributed by atoms with Crippen molar-refractivity contribution in [2.45, 2.75) is 27.7 Å². The number of hydrogen-bond acceptors (Lipinski definition) is 10. The van der Waals surface area contributed by atoms with Crippen LogP contribution in [0.5, 0.6) is 0 Å². The van der Waals surface area contributed by atoms with Crippen LogP contribution in [0.4, 0.5) is 11.5 Å². The predicted octanol–water partition coefficient (Wildman–Crippen LogP) is 2.02. The Morgan fingerprint density at radius 2 is 1.81 bits per heavy atom. The van der Waals surface area contributed by atoms with Crippen LogP contribution in [-0.4, -0.2) is 67.8 Å². The molecule has 0 aromatic carbocycles. The van der Waals surface area contributed by atoms with Crippen LogP contribution in [0, 0.1) is 6.92 Å². The zero-order valence-electron chi connectivity index (χ0n) is 18.3. The van der Waals surface area contributed by atoms with Gasteiger partial charge in [0.05, 0.1) is 23.3 Å². The van der Waals surface area contributed by atoms with E-state index in [1.807, 2.05) is 19.1 Å². The number of hydrogen-bond donors (Lipinski definition) is 0. The molecule has 0 amide bonds. The van der Waals surface area contributed by atoms with Crippen molar-refractivity contribution in [1.29, 1.82) is 0 Å². The molecular weight excluding hydrogens is 430 g/mol. The summed E-state index contributed by atoms with van der Waals surface area (Å²) in [5.41, 5.74) is 1.76. The Hall–Kier alpha value is -3.54. The third kappa shape index (κ3) is 3.77. The number of aromatic nitrogens is 6. The summed E-state index contributed by atoms with van der Waals surface area (Å²) in [7, 11) is -3.68. The van der Waals surface area contributed by atoms with Crippen molar-refractivity contribution in [2.75, 3.05) is 23.7 Å². The summed E-state index contributed by atoms with van der Waals surface area (Å²) in [6.45, 7) is 9.18. The van der Waals surface area contributed by atoms with Gasteiger partial charge in [0.15, 0.2) is 9.84 Å².